The number of para-hydroxylation sites is 1. The van der Waals surface area contributed by atoms with Gasteiger partial charge in [0.25, 0.3) is 0 Å². The van der Waals surface area contributed by atoms with Crippen LogP contribution >= 0.6 is 23.2 Å². The molecule has 0 aromatic heterocycles. The van der Waals surface area contributed by atoms with Crippen LogP contribution in [0.5, 0.6) is 5.75 Å². The molecule has 0 N–H and O–H groups in total. The molecule has 29 heavy (non-hydrogen) atoms. The van der Waals surface area contributed by atoms with E-state index in [0.717, 1.165) is 28.9 Å². The maximum absolute atomic E-state index is 13.5. The summed E-state index contributed by atoms with van der Waals surface area (Å²) in [6.07, 6.45) is 2.81. The molecule has 146 valence electrons. The standard InChI is InChI=1S/C25H20Cl2O2/c1-29-24-9-5-3-6-19(24)21-14-17(16-10-12-18(26)13-11-16)15-22(21)25(28)20-7-2-4-8-23(20)27/h2-13,15,21-22H,14H2,1H3. The van der Waals surface area contributed by atoms with E-state index in [1.54, 1.807) is 19.2 Å². The number of halogens is 2. The van der Waals surface area contributed by atoms with Crippen molar-refractivity contribution in [2.45, 2.75) is 12.3 Å². The van der Waals surface area contributed by atoms with Crippen molar-refractivity contribution in [3.8, 4) is 5.75 Å². The molecule has 4 rings (SSSR count). The lowest BCUT2D eigenvalue weighted by Crippen LogP contribution is -2.18. The number of hydrogen-bond donors (Lipinski definition) is 0. The Labute approximate surface area is 180 Å². The molecular weight excluding hydrogens is 403 g/mol. The first kappa shape index (κ1) is 19.8. The van der Waals surface area contributed by atoms with E-state index in [-0.39, 0.29) is 17.6 Å². The summed E-state index contributed by atoms with van der Waals surface area (Å²) in [6.45, 7) is 0. The van der Waals surface area contributed by atoms with E-state index in [1.807, 2.05) is 60.7 Å². The van der Waals surface area contributed by atoms with Crippen LogP contribution in [0.15, 0.2) is 78.9 Å². The number of hydrogen-bond acceptors (Lipinski definition) is 2. The second-order valence-corrected chi connectivity index (χ2v) is 7.96. The van der Waals surface area contributed by atoms with Crippen molar-refractivity contribution in [1.82, 2.24) is 0 Å². The summed E-state index contributed by atoms with van der Waals surface area (Å²) < 4.78 is 5.59. The Bertz CT molecular complexity index is 1070. The van der Waals surface area contributed by atoms with Gasteiger partial charge in [-0.15, -0.1) is 0 Å². The molecular formula is C25H20Cl2O2. The number of rotatable bonds is 5. The topological polar surface area (TPSA) is 26.3 Å². The van der Waals surface area contributed by atoms with Crippen LogP contribution in [0.3, 0.4) is 0 Å². The molecule has 2 atom stereocenters. The third kappa shape index (κ3) is 3.96. The minimum Gasteiger partial charge on any atom is -0.496 e. The average molecular weight is 423 g/mol. The van der Waals surface area contributed by atoms with Crippen LogP contribution in [0.4, 0.5) is 0 Å². The van der Waals surface area contributed by atoms with Crippen LogP contribution in [0.1, 0.15) is 33.8 Å². The number of ketones is 1. The van der Waals surface area contributed by atoms with E-state index in [2.05, 4.69) is 6.08 Å². The molecule has 0 radical (unpaired) electrons. The number of Topliss-reactive ketones (excluding diaryl/α,β-unsaturated/α-hetero) is 1. The number of carbonyl (C=O) groups excluding carboxylic acids is 1. The Balaban J connectivity index is 1.78. The van der Waals surface area contributed by atoms with Gasteiger partial charge in [-0.05, 0) is 53.5 Å². The number of allylic oxidation sites excluding steroid dienone is 2. The quantitative estimate of drug-likeness (QED) is 0.410. The monoisotopic (exact) mass is 422 g/mol. The first-order valence-corrected chi connectivity index (χ1v) is 10.2. The molecule has 0 saturated heterocycles. The van der Waals surface area contributed by atoms with Crippen molar-refractivity contribution in [2.24, 2.45) is 5.92 Å². The highest BCUT2D eigenvalue weighted by molar-refractivity contribution is 6.34. The minimum atomic E-state index is -0.322. The molecule has 0 heterocycles. The Kier molecular flexibility index (Phi) is 5.75. The van der Waals surface area contributed by atoms with Crippen LogP contribution in [-0.2, 0) is 0 Å². The van der Waals surface area contributed by atoms with Crippen LogP contribution in [-0.4, -0.2) is 12.9 Å². The van der Waals surface area contributed by atoms with E-state index in [0.29, 0.717) is 15.6 Å². The van der Waals surface area contributed by atoms with Crippen molar-refractivity contribution in [3.63, 3.8) is 0 Å². The van der Waals surface area contributed by atoms with E-state index < -0.39 is 0 Å². The molecule has 0 amide bonds. The Morgan fingerprint density at radius 3 is 2.34 bits per heavy atom. The van der Waals surface area contributed by atoms with E-state index >= 15 is 0 Å². The highest BCUT2D eigenvalue weighted by atomic mass is 35.5. The van der Waals surface area contributed by atoms with Crippen LogP contribution in [0.2, 0.25) is 10.0 Å². The van der Waals surface area contributed by atoms with Crippen molar-refractivity contribution < 1.29 is 9.53 Å². The molecule has 0 bridgehead atoms. The third-order valence-corrected chi connectivity index (χ3v) is 6.03. The molecule has 1 aliphatic carbocycles. The molecule has 0 spiro atoms. The smallest absolute Gasteiger partial charge is 0.171 e. The zero-order valence-electron chi connectivity index (χ0n) is 15.9. The first-order chi connectivity index (χ1) is 14.1. The van der Waals surface area contributed by atoms with Gasteiger partial charge in [-0.2, -0.15) is 0 Å². The normalized spacial score (nSPS) is 18.4. The van der Waals surface area contributed by atoms with Crippen molar-refractivity contribution in [3.05, 3.63) is 106 Å². The zero-order valence-corrected chi connectivity index (χ0v) is 17.5. The second kappa shape index (κ2) is 8.44. The first-order valence-electron chi connectivity index (χ1n) is 9.47. The van der Waals surface area contributed by atoms with Crippen LogP contribution < -0.4 is 4.74 Å². The second-order valence-electron chi connectivity index (χ2n) is 7.12. The van der Waals surface area contributed by atoms with Gasteiger partial charge in [-0.3, -0.25) is 4.79 Å². The number of carbonyl (C=O) groups is 1. The maximum Gasteiger partial charge on any atom is 0.171 e. The van der Waals surface area contributed by atoms with Crippen molar-refractivity contribution in [1.29, 1.82) is 0 Å². The van der Waals surface area contributed by atoms with Gasteiger partial charge in [0.15, 0.2) is 5.78 Å². The summed E-state index contributed by atoms with van der Waals surface area (Å²) in [6, 6.07) is 22.9. The maximum atomic E-state index is 13.5. The SMILES string of the molecule is COc1ccccc1C1CC(c2ccc(Cl)cc2)=CC1C(=O)c1ccccc1Cl. The van der Waals surface area contributed by atoms with E-state index in [9.17, 15) is 4.79 Å². The van der Waals surface area contributed by atoms with Gasteiger partial charge in [-0.25, -0.2) is 0 Å². The summed E-state index contributed by atoms with van der Waals surface area (Å²) in [5, 5.41) is 1.17. The fourth-order valence-corrected chi connectivity index (χ4v) is 4.37. The fourth-order valence-electron chi connectivity index (χ4n) is 4.02. The van der Waals surface area contributed by atoms with E-state index in [1.165, 1.54) is 0 Å². The molecule has 2 unspecified atom stereocenters. The van der Waals surface area contributed by atoms with Crippen molar-refractivity contribution >= 4 is 34.6 Å². The summed E-state index contributed by atoms with van der Waals surface area (Å²) in [5.41, 5.74) is 3.78. The van der Waals surface area contributed by atoms with Gasteiger partial charge in [-0.1, -0.05) is 71.7 Å². The van der Waals surface area contributed by atoms with Gasteiger partial charge < -0.3 is 4.74 Å². The largest absolute Gasteiger partial charge is 0.496 e. The number of methoxy groups -OCH3 is 1. The molecule has 0 aliphatic heterocycles. The van der Waals surface area contributed by atoms with Gasteiger partial charge in [0.2, 0.25) is 0 Å². The fraction of sp³-hybridized carbons (Fsp3) is 0.160. The third-order valence-electron chi connectivity index (χ3n) is 5.45. The van der Waals surface area contributed by atoms with Gasteiger partial charge in [0.1, 0.15) is 5.75 Å². The lowest BCUT2D eigenvalue weighted by Gasteiger charge is -2.21. The lowest BCUT2D eigenvalue weighted by molar-refractivity contribution is 0.0934. The molecule has 0 fully saturated rings. The Hall–Kier alpha value is -2.55. The van der Waals surface area contributed by atoms with Gasteiger partial charge >= 0.3 is 0 Å². The van der Waals surface area contributed by atoms with Crippen LogP contribution in [0.25, 0.3) is 5.57 Å². The molecule has 1 aliphatic rings. The van der Waals surface area contributed by atoms with Gasteiger partial charge in [0, 0.05) is 22.4 Å². The lowest BCUT2D eigenvalue weighted by atomic mass is 9.83. The minimum absolute atomic E-state index is 0.0236. The summed E-state index contributed by atoms with van der Waals surface area (Å²) in [5.74, 6) is 0.466. The summed E-state index contributed by atoms with van der Waals surface area (Å²) in [4.78, 5) is 13.5. The zero-order chi connectivity index (χ0) is 20.4. The highest BCUT2D eigenvalue weighted by Crippen LogP contribution is 2.47. The van der Waals surface area contributed by atoms with Gasteiger partial charge in [0.05, 0.1) is 12.1 Å². The summed E-state index contributed by atoms with van der Waals surface area (Å²) in [7, 11) is 1.66. The average Bonchev–Trinajstić information content (AvgIpc) is 3.19. The molecule has 4 heteroatoms. The number of ether oxygens (including phenoxy) is 1. The van der Waals surface area contributed by atoms with E-state index in [4.69, 9.17) is 27.9 Å². The molecule has 3 aromatic rings. The highest BCUT2D eigenvalue weighted by Gasteiger charge is 2.36. The molecule has 3 aromatic carbocycles. The number of benzene rings is 3. The predicted molar refractivity (Wildman–Crippen MR) is 119 cm³/mol. The van der Waals surface area contributed by atoms with Crippen LogP contribution in [0, 0.1) is 5.92 Å². The predicted octanol–water partition coefficient (Wildman–Crippen LogP) is 7.07. The Morgan fingerprint density at radius 2 is 1.62 bits per heavy atom. The molecule has 2 nitrogen and oxygen atoms in total. The summed E-state index contributed by atoms with van der Waals surface area (Å²) >= 11 is 12.4. The van der Waals surface area contributed by atoms with Crippen molar-refractivity contribution in [2.75, 3.05) is 7.11 Å². The Morgan fingerprint density at radius 1 is 0.931 bits per heavy atom. The molecule has 0 saturated carbocycles.